The van der Waals surface area contributed by atoms with E-state index in [2.05, 4.69) is 5.32 Å². The van der Waals surface area contributed by atoms with Gasteiger partial charge in [0.2, 0.25) is 10.0 Å². The number of sulfonamides is 1. The Bertz CT molecular complexity index is 990. The molecule has 0 saturated carbocycles. The fourth-order valence-corrected chi connectivity index (χ4v) is 5.51. The first-order valence-corrected chi connectivity index (χ1v) is 11.9. The molecular formula is C23H30N2O4S. The van der Waals surface area contributed by atoms with E-state index in [0.29, 0.717) is 18.7 Å². The standard InChI is InChI=1S/C23H30N2O4S/c1-4-29-21-12-7-10-19(15-21)18(3)24-23(26)20-11-8-13-22(16-20)30(27,28)25-14-6-5-9-17(25)2/h7-8,10-13,15-18H,4-6,9,14H2,1-3H3,(H,24,26). The van der Waals surface area contributed by atoms with Gasteiger partial charge in [-0.25, -0.2) is 8.42 Å². The second-order valence-corrected chi connectivity index (χ2v) is 9.58. The van der Waals surface area contributed by atoms with Crippen LogP contribution in [-0.4, -0.2) is 37.8 Å². The van der Waals surface area contributed by atoms with Crippen molar-refractivity contribution in [3.63, 3.8) is 0 Å². The van der Waals surface area contributed by atoms with Gasteiger partial charge in [-0.05, 0) is 69.5 Å². The third kappa shape index (κ3) is 5.02. The summed E-state index contributed by atoms with van der Waals surface area (Å²) in [5, 5.41) is 2.95. The Morgan fingerprint density at radius 1 is 1.20 bits per heavy atom. The molecule has 162 valence electrons. The number of nitrogens with zero attached hydrogens (tertiary/aromatic N) is 1. The highest BCUT2D eigenvalue weighted by atomic mass is 32.2. The van der Waals surface area contributed by atoms with E-state index < -0.39 is 10.0 Å². The highest BCUT2D eigenvalue weighted by Gasteiger charge is 2.31. The highest BCUT2D eigenvalue weighted by molar-refractivity contribution is 7.89. The van der Waals surface area contributed by atoms with E-state index in [1.54, 1.807) is 22.5 Å². The van der Waals surface area contributed by atoms with Crippen LogP contribution >= 0.6 is 0 Å². The van der Waals surface area contributed by atoms with Gasteiger partial charge in [0.25, 0.3) is 5.91 Å². The minimum Gasteiger partial charge on any atom is -0.494 e. The van der Waals surface area contributed by atoms with Gasteiger partial charge >= 0.3 is 0 Å². The maximum Gasteiger partial charge on any atom is 0.251 e. The van der Waals surface area contributed by atoms with Gasteiger partial charge in [-0.3, -0.25) is 4.79 Å². The molecule has 1 aliphatic rings. The molecule has 7 heteroatoms. The van der Waals surface area contributed by atoms with Crippen LogP contribution in [0.4, 0.5) is 0 Å². The summed E-state index contributed by atoms with van der Waals surface area (Å²) in [5.74, 6) is 0.438. The van der Waals surface area contributed by atoms with Crippen molar-refractivity contribution >= 4 is 15.9 Å². The fourth-order valence-electron chi connectivity index (χ4n) is 3.77. The van der Waals surface area contributed by atoms with Gasteiger partial charge in [0.05, 0.1) is 17.5 Å². The van der Waals surface area contributed by atoms with Crippen LogP contribution in [0.1, 0.15) is 62.0 Å². The van der Waals surface area contributed by atoms with Gasteiger partial charge in [-0.15, -0.1) is 0 Å². The Balaban J connectivity index is 1.77. The Morgan fingerprint density at radius 3 is 2.70 bits per heavy atom. The summed E-state index contributed by atoms with van der Waals surface area (Å²) in [5.41, 5.74) is 1.24. The van der Waals surface area contributed by atoms with Crippen molar-refractivity contribution in [1.82, 2.24) is 9.62 Å². The molecule has 2 aromatic rings. The number of hydrogen-bond acceptors (Lipinski definition) is 4. The number of benzene rings is 2. The molecule has 1 saturated heterocycles. The lowest BCUT2D eigenvalue weighted by Gasteiger charge is -2.32. The van der Waals surface area contributed by atoms with E-state index in [-0.39, 0.29) is 22.9 Å². The molecule has 1 heterocycles. The van der Waals surface area contributed by atoms with Crippen LogP contribution in [0.15, 0.2) is 53.4 Å². The van der Waals surface area contributed by atoms with Crippen LogP contribution in [0.5, 0.6) is 5.75 Å². The molecule has 30 heavy (non-hydrogen) atoms. The normalized spacial score (nSPS) is 18.6. The molecule has 2 unspecified atom stereocenters. The van der Waals surface area contributed by atoms with E-state index in [4.69, 9.17) is 4.74 Å². The first kappa shape index (κ1) is 22.3. The molecule has 0 radical (unpaired) electrons. The van der Waals surface area contributed by atoms with Crippen LogP contribution in [0, 0.1) is 0 Å². The second-order valence-electron chi connectivity index (χ2n) is 7.69. The predicted octanol–water partition coefficient (Wildman–Crippen LogP) is 4.14. The fraction of sp³-hybridized carbons (Fsp3) is 0.435. The predicted molar refractivity (Wildman–Crippen MR) is 117 cm³/mol. The second kappa shape index (κ2) is 9.62. The lowest BCUT2D eigenvalue weighted by Crippen LogP contribution is -2.42. The maximum atomic E-state index is 13.1. The average molecular weight is 431 g/mol. The first-order chi connectivity index (χ1) is 14.3. The van der Waals surface area contributed by atoms with Crippen molar-refractivity contribution in [2.24, 2.45) is 0 Å². The lowest BCUT2D eigenvalue weighted by atomic mass is 10.1. The van der Waals surface area contributed by atoms with Crippen molar-refractivity contribution in [2.75, 3.05) is 13.2 Å². The third-order valence-corrected chi connectivity index (χ3v) is 7.47. The van der Waals surface area contributed by atoms with Crippen molar-refractivity contribution < 1.29 is 17.9 Å². The molecule has 1 fully saturated rings. The van der Waals surface area contributed by atoms with E-state index in [1.165, 1.54) is 6.07 Å². The molecule has 0 bridgehead atoms. The Hall–Kier alpha value is -2.38. The molecule has 0 aliphatic carbocycles. The number of carbonyl (C=O) groups is 1. The molecule has 0 spiro atoms. The number of piperidine rings is 1. The molecule has 1 N–H and O–H groups in total. The van der Waals surface area contributed by atoms with Gasteiger partial charge in [-0.2, -0.15) is 4.31 Å². The molecule has 2 aromatic carbocycles. The van der Waals surface area contributed by atoms with Crippen molar-refractivity contribution in [1.29, 1.82) is 0 Å². The van der Waals surface area contributed by atoms with E-state index in [0.717, 1.165) is 30.6 Å². The van der Waals surface area contributed by atoms with Crippen LogP contribution < -0.4 is 10.1 Å². The number of ether oxygens (including phenoxy) is 1. The minimum atomic E-state index is -3.62. The summed E-state index contributed by atoms with van der Waals surface area (Å²) in [6, 6.07) is 13.6. The summed E-state index contributed by atoms with van der Waals surface area (Å²) in [6.45, 7) is 6.84. The smallest absolute Gasteiger partial charge is 0.251 e. The van der Waals surface area contributed by atoms with E-state index in [9.17, 15) is 13.2 Å². The van der Waals surface area contributed by atoms with E-state index in [1.807, 2.05) is 45.0 Å². The van der Waals surface area contributed by atoms with Crippen LogP contribution in [0.3, 0.4) is 0 Å². The highest BCUT2D eigenvalue weighted by Crippen LogP contribution is 2.26. The van der Waals surface area contributed by atoms with Gasteiger partial charge in [0, 0.05) is 18.2 Å². The summed E-state index contributed by atoms with van der Waals surface area (Å²) >= 11 is 0. The van der Waals surface area contributed by atoms with Crippen molar-refractivity contribution in [3.05, 3.63) is 59.7 Å². The molecule has 0 aromatic heterocycles. The lowest BCUT2D eigenvalue weighted by molar-refractivity contribution is 0.0939. The number of nitrogens with one attached hydrogen (secondary N) is 1. The molecule has 2 atom stereocenters. The van der Waals surface area contributed by atoms with Crippen LogP contribution in [0.2, 0.25) is 0 Å². The van der Waals surface area contributed by atoms with Crippen LogP contribution in [0.25, 0.3) is 0 Å². The summed E-state index contributed by atoms with van der Waals surface area (Å²) in [6.07, 6.45) is 2.76. The number of rotatable bonds is 7. The molecule has 3 rings (SSSR count). The summed E-state index contributed by atoms with van der Waals surface area (Å²) < 4.78 is 33.3. The zero-order valence-electron chi connectivity index (χ0n) is 17.8. The Kier molecular flexibility index (Phi) is 7.15. The zero-order chi connectivity index (χ0) is 21.7. The topological polar surface area (TPSA) is 75.7 Å². The number of hydrogen-bond donors (Lipinski definition) is 1. The van der Waals surface area contributed by atoms with Gasteiger partial charge in [-0.1, -0.05) is 24.6 Å². The summed E-state index contributed by atoms with van der Waals surface area (Å²) in [7, 11) is -3.62. The maximum absolute atomic E-state index is 13.1. The quantitative estimate of drug-likeness (QED) is 0.716. The van der Waals surface area contributed by atoms with Gasteiger partial charge < -0.3 is 10.1 Å². The Labute approximate surface area is 179 Å². The summed E-state index contributed by atoms with van der Waals surface area (Å²) in [4.78, 5) is 13.0. The molecule has 1 aliphatic heterocycles. The molecule has 6 nitrogen and oxygen atoms in total. The van der Waals surface area contributed by atoms with Gasteiger partial charge in [0.15, 0.2) is 0 Å². The first-order valence-electron chi connectivity index (χ1n) is 10.5. The van der Waals surface area contributed by atoms with Crippen molar-refractivity contribution in [2.45, 2.75) is 57.0 Å². The number of carbonyl (C=O) groups excluding carboxylic acids is 1. The van der Waals surface area contributed by atoms with Crippen molar-refractivity contribution in [3.8, 4) is 5.75 Å². The zero-order valence-corrected chi connectivity index (χ0v) is 18.6. The third-order valence-electron chi connectivity index (χ3n) is 5.46. The minimum absolute atomic E-state index is 0.0288. The van der Waals surface area contributed by atoms with E-state index >= 15 is 0 Å². The largest absolute Gasteiger partial charge is 0.494 e. The Morgan fingerprint density at radius 2 is 1.97 bits per heavy atom. The monoisotopic (exact) mass is 430 g/mol. The SMILES string of the molecule is CCOc1cccc(C(C)NC(=O)c2cccc(S(=O)(=O)N3CCCCC3C)c2)c1. The number of amides is 1. The van der Waals surface area contributed by atoms with Crippen LogP contribution in [-0.2, 0) is 10.0 Å². The van der Waals surface area contributed by atoms with Gasteiger partial charge in [0.1, 0.15) is 5.75 Å². The molecular weight excluding hydrogens is 400 g/mol. The molecule has 1 amide bonds. The average Bonchev–Trinajstić information content (AvgIpc) is 2.74.